The molecule has 2 aliphatic rings. The van der Waals surface area contributed by atoms with Crippen LogP contribution in [0.15, 0.2) is 54.6 Å². The lowest BCUT2D eigenvalue weighted by atomic mass is 9.76. The quantitative estimate of drug-likeness (QED) is 0.337. The first-order chi connectivity index (χ1) is 14.8. The molecule has 1 nitrogen and oxygen atoms in total. The Balaban J connectivity index is 1.35. The molecule has 4 rings (SSSR count). The molecule has 0 radical (unpaired) electrons. The summed E-state index contributed by atoms with van der Waals surface area (Å²) in [5, 5.41) is 0. The zero-order valence-corrected chi connectivity index (χ0v) is 18.9. The van der Waals surface area contributed by atoms with E-state index in [1.165, 1.54) is 55.2 Å². The molecular weight excluding hydrogens is 364 g/mol. The summed E-state index contributed by atoms with van der Waals surface area (Å²) < 4.78 is 5.92. The third-order valence-electron chi connectivity index (χ3n) is 7.50. The summed E-state index contributed by atoms with van der Waals surface area (Å²) in [6.45, 7) is 5.17. The number of hydrogen-bond donors (Lipinski definition) is 0. The third-order valence-corrected chi connectivity index (χ3v) is 7.50. The molecule has 30 heavy (non-hydrogen) atoms. The molecule has 0 bridgehead atoms. The van der Waals surface area contributed by atoms with Crippen LogP contribution in [0.1, 0.15) is 92.9 Å². The fourth-order valence-electron chi connectivity index (χ4n) is 5.46. The summed E-state index contributed by atoms with van der Waals surface area (Å²) >= 11 is 0. The Bertz CT molecular complexity index is 824. The molecule has 160 valence electrons. The van der Waals surface area contributed by atoms with E-state index in [4.69, 9.17) is 4.74 Å². The van der Waals surface area contributed by atoms with E-state index in [9.17, 15) is 0 Å². The Morgan fingerprint density at radius 2 is 1.60 bits per heavy atom. The van der Waals surface area contributed by atoms with Crippen molar-refractivity contribution in [2.45, 2.75) is 83.5 Å². The van der Waals surface area contributed by atoms with Gasteiger partial charge in [0.05, 0.1) is 6.61 Å². The van der Waals surface area contributed by atoms with Crippen molar-refractivity contribution < 1.29 is 4.74 Å². The van der Waals surface area contributed by atoms with E-state index < -0.39 is 0 Å². The van der Waals surface area contributed by atoms with Gasteiger partial charge in [0, 0.05) is 0 Å². The number of aryl methyl sites for hydroxylation is 1. The minimum Gasteiger partial charge on any atom is -0.493 e. The first-order valence-corrected chi connectivity index (χ1v) is 12.2. The first-order valence-electron chi connectivity index (χ1n) is 12.2. The predicted molar refractivity (Wildman–Crippen MR) is 128 cm³/mol. The van der Waals surface area contributed by atoms with Crippen LogP contribution in [0.2, 0.25) is 0 Å². The highest BCUT2D eigenvalue weighted by Crippen LogP contribution is 2.38. The lowest BCUT2D eigenvalue weighted by Gasteiger charge is -2.29. The van der Waals surface area contributed by atoms with Crippen molar-refractivity contribution >= 4 is 0 Å². The number of benzene rings is 2. The molecule has 0 aliphatic heterocycles. The molecule has 1 fully saturated rings. The molecule has 2 aliphatic carbocycles. The van der Waals surface area contributed by atoms with E-state index >= 15 is 0 Å². The summed E-state index contributed by atoms with van der Waals surface area (Å²) in [7, 11) is 0. The average molecular weight is 403 g/mol. The van der Waals surface area contributed by atoms with Gasteiger partial charge in [-0.15, -0.1) is 0 Å². The van der Waals surface area contributed by atoms with Crippen molar-refractivity contribution in [2.24, 2.45) is 5.92 Å². The second-order valence-corrected chi connectivity index (χ2v) is 9.37. The Kier molecular flexibility index (Phi) is 7.31. The van der Waals surface area contributed by atoms with E-state index in [2.05, 4.69) is 68.5 Å². The van der Waals surface area contributed by atoms with Crippen LogP contribution in [0.4, 0.5) is 0 Å². The van der Waals surface area contributed by atoms with Gasteiger partial charge in [0.1, 0.15) is 5.75 Å². The monoisotopic (exact) mass is 402 g/mol. The van der Waals surface area contributed by atoms with Crippen LogP contribution < -0.4 is 4.74 Å². The lowest BCUT2D eigenvalue weighted by Crippen LogP contribution is -2.14. The Morgan fingerprint density at radius 1 is 0.867 bits per heavy atom. The van der Waals surface area contributed by atoms with Crippen molar-refractivity contribution in [3.63, 3.8) is 0 Å². The Hall–Kier alpha value is -2.02. The molecule has 0 aromatic heterocycles. The smallest absolute Gasteiger partial charge is 0.119 e. The van der Waals surface area contributed by atoms with Crippen molar-refractivity contribution in [3.8, 4) is 5.75 Å². The van der Waals surface area contributed by atoms with Crippen LogP contribution in [-0.2, 0) is 12.8 Å². The van der Waals surface area contributed by atoms with Gasteiger partial charge in [-0.3, -0.25) is 0 Å². The minimum atomic E-state index is 0.656. The number of allylic oxidation sites excluding steroid dienone is 1. The number of fused-ring (bicyclic) bond motifs is 1. The molecule has 1 heteroatoms. The van der Waals surface area contributed by atoms with Crippen LogP contribution in [-0.4, -0.2) is 6.61 Å². The van der Waals surface area contributed by atoms with Gasteiger partial charge in [-0.1, -0.05) is 55.8 Å². The van der Waals surface area contributed by atoms with Crippen LogP contribution in [0.25, 0.3) is 0 Å². The van der Waals surface area contributed by atoms with Gasteiger partial charge in [-0.05, 0) is 110 Å². The van der Waals surface area contributed by atoms with Gasteiger partial charge in [0.2, 0.25) is 0 Å². The molecule has 0 heterocycles. The third kappa shape index (κ3) is 5.17. The van der Waals surface area contributed by atoms with Crippen LogP contribution in [0.3, 0.4) is 0 Å². The molecule has 1 unspecified atom stereocenters. The Labute approximate surface area is 183 Å². The molecule has 1 saturated carbocycles. The number of hydrogen-bond acceptors (Lipinski definition) is 1. The summed E-state index contributed by atoms with van der Waals surface area (Å²) in [6.07, 6.45) is 15.8. The van der Waals surface area contributed by atoms with Crippen LogP contribution >= 0.6 is 0 Å². The van der Waals surface area contributed by atoms with Crippen molar-refractivity contribution in [3.05, 3.63) is 76.9 Å². The van der Waals surface area contributed by atoms with Crippen LogP contribution in [0.5, 0.6) is 5.75 Å². The predicted octanol–water partition coefficient (Wildman–Crippen LogP) is 7.99. The van der Waals surface area contributed by atoms with Gasteiger partial charge >= 0.3 is 0 Å². The summed E-state index contributed by atoms with van der Waals surface area (Å²) in [4.78, 5) is 0. The molecule has 0 saturated heterocycles. The molecule has 0 spiro atoms. The zero-order valence-electron chi connectivity index (χ0n) is 18.9. The van der Waals surface area contributed by atoms with E-state index in [-0.39, 0.29) is 0 Å². The fraction of sp³-hybridized carbons (Fsp3) is 0.517. The van der Waals surface area contributed by atoms with E-state index in [0.717, 1.165) is 43.5 Å². The average Bonchev–Trinajstić information content (AvgIpc) is 2.81. The lowest BCUT2D eigenvalue weighted by molar-refractivity contribution is 0.318. The first kappa shape index (κ1) is 21.2. The van der Waals surface area contributed by atoms with E-state index in [0.29, 0.717) is 5.92 Å². The van der Waals surface area contributed by atoms with Gasteiger partial charge < -0.3 is 4.74 Å². The topological polar surface area (TPSA) is 9.23 Å². The highest BCUT2D eigenvalue weighted by Gasteiger charge is 2.23. The maximum absolute atomic E-state index is 5.92. The molecule has 0 N–H and O–H groups in total. The van der Waals surface area contributed by atoms with Crippen LogP contribution in [0, 0.1) is 5.92 Å². The van der Waals surface area contributed by atoms with Gasteiger partial charge in [-0.25, -0.2) is 0 Å². The molecule has 2 aromatic rings. The highest BCUT2D eigenvalue weighted by molar-refractivity contribution is 5.40. The largest absolute Gasteiger partial charge is 0.493 e. The van der Waals surface area contributed by atoms with E-state index in [1.54, 1.807) is 5.56 Å². The normalized spacial score (nSPS) is 24.0. The maximum atomic E-state index is 5.92. The second-order valence-electron chi connectivity index (χ2n) is 9.37. The summed E-state index contributed by atoms with van der Waals surface area (Å²) in [6, 6.07) is 16.5. The van der Waals surface area contributed by atoms with Gasteiger partial charge in [0.25, 0.3) is 0 Å². The van der Waals surface area contributed by atoms with Crippen molar-refractivity contribution in [1.82, 2.24) is 0 Å². The molecule has 0 amide bonds. The fourth-order valence-corrected chi connectivity index (χ4v) is 5.46. The molecule has 1 atom stereocenters. The number of ether oxygens (including phenoxy) is 1. The number of rotatable bonds is 7. The Morgan fingerprint density at radius 3 is 2.30 bits per heavy atom. The minimum absolute atomic E-state index is 0.656. The van der Waals surface area contributed by atoms with E-state index in [1.807, 2.05) is 0 Å². The molecular formula is C29H38O. The van der Waals surface area contributed by atoms with Crippen molar-refractivity contribution in [1.29, 1.82) is 0 Å². The standard InChI is InChI=1S/C29H38O/c1-3-5-6-19-30-29-18-17-27-20-26(15-16-28(27)21-29)25-13-11-24(12-14-25)23-9-7-22(4-2)8-10-23/h3,5,11-14,17-18,21-23,26H,4,6-10,15-16,19-20H2,1-2H3. The molecule has 2 aromatic carbocycles. The highest BCUT2D eigenvalue weighted by atomic mass is 16.5. The maximum Gasteiger partial charge on any atom is 0.119 e. The van der Waals surface area contributed by atoms with Gasteiger partial charge in [0.15, 0.2) is 0 Å². The van der Waals surface area contributed by atoms with Gasteiger partial charge in [-0.2, -0.15) is 0 Å². The zero-order chi connectivity index (χ0) is 20.8. The summed E-state index contributed by atoms with van der Waals surface area (Å²) in [5.41, 5.74) is 6.09. The SMILES string of the molecule is CC=CCCOc1ccc2c(c1)CCC(c1ccc(C3CCC(CC)CC3)cc1)C2. The summed E-state index contributed by atoms with van der Waals surface area (Å²) in [5.74, 6) is 3.45. The van der Waals surface area contributed by atoms with Crippen molar-refractivity contribution in [2.75, 3.05) is 6.61 Å². The second kappa shape index (κ2) is 10.3.